The topological polar surface area (TPSA) is 58.2 Å². The molecule has 0 spiro atoms. The van der Waals surface area contributed by atoms with Gasteiger partial charge in [0.1, 0.15) is 0 Å². The third-order valence-electron chi connectivity index (χ3n) is 4.16. The monoisotopic (exact) mass is 412 g/mol. The second-order valence-corrected chi connectivity index (χ2v) is 7.03. The summed E-state index contributed by atoms with van der Waals surface area (Å²) in [6, 6.07) is 23.0. The molecule has 3 aromatic carbocycles. The van der Waals surface area contributed by atoms with E-state index in [0.717, 1.165) is 11.1 Å². The molecule has 0 aliphatic heterocycles. The number of hydrogen-bond donors (Lipinski definition) is 2. The summed E-state index contributed by atoms with van der Waals surface area (Å²) in [6.07, 6.45) is 0. The summed E-state index contributed by atoms with van der Waals surface area (Å²) in [5.74, 6) is -0.638. The van der Waals surface area contributed by atoms with Gasteiger partial charge in [-0.2, -0.15) is 0 Å². The van der Waals surface area contributed by atoms with Gasteiger partial charge in [0.05, 0.1) is 12.6 Å². The Balaban J connectivity index is 1.68. The van der Waals surface area contributed by atoms with Crippen molar-refractivity contribution in [3.8, 4) is 0 Å². The van der Waals surface area contributed by atoms with E-state index in [1.165, 1.54) is 0 Å². The van der Waals surface area contributed by atoms with Crippen molar-refractivity contribution in [1.29, 1.82) is 0 Å². The van der Waals surface area contributed by atoms with Gasteiger partial charge in [-0.3, -0.25) is 9.59 Å². The van der Waals surface area contributed by atoms with Gasteiger partial charge in [-0.05, 0) is 47.5 Å². The van der Waals surface area contributed by atoms with Crippen molar-refractivity contribution >= 4 is 35.0 Å². The van der Waals surface area contributed by atoms with Gasteiger partial charge in [-0.1, -0.05) is 65.7 Å². The van der Waals surface area contributed by atoms with E-state index in [-0.39, 0.29) is 24.4 Å². The summed E-state index contributed by atoms with van der Waals surface area (Å²) in [5, 5.41) is 6.75. The molecule has 0 saturated heterocycles. The number of nitrogens with one attached hydrogen (secondary N) is 2. The fourth-order valence-electron chi connectivity index (χ4n) is 2.74. The third kappa shape index (κ3) is 5.35. The second kappa shape index (κ2) is 9.40. The summed E-state index contributed by atoms with van der Waals surface area (Å²) < 4.78 is 0. The Bertz CT molecular complexity index is 943. The molecule has 2 N–H and O–H groups in total. The van der Waals surface area contributed by atoms with E-state index < -0.39 is 0 Å². The second-order valence-electron chi connectivity index (χ2n) is 6.15. The summed E-state index contributed by atoms with van der Waals surface area (Å²) in [4.78, 5) is 24.7. The van der Waals surface area contributed by atoms with Crippen LogP contribution in [-0.2, 0) is 4.79 Å². The van der Waals surface area contributed by atoms with Crippen LogP contribution in [-0.4, -0.2) is 18.4 Å². The molecular weight excluding hydrogens is 395 g/mol. The van der Waals surface area contributed by atoms with Gasteiger partial charge in [0.15, 0.2) is 0 Å². The molecule has 0 radical (unpaired) electrons. The first-order valence-electron chi connectivity index (χ1n) is 8.66. The highest BCUT2D eigenvalue weighted by atomic mass is 35.5. The number of hydrogen-bond acceptors (Lipinski definition) is 2. The highest BCUT2D eigenvalue weighted by Crippen LogP contribution is 2.23. The van der Waals surface area contributed by atoms with Crippen LogP contribution in [0.1, 0.15) is 27.5 Å². The van der Waals surface area contributed by atoms with E-state index in [1.54, 1.807) is 36.4 Å². The molecule has 1 atom stereocenters. The molecule has 0 heterocycles. The van der Waals surface area contributed by atoms with Crippen molar-refractivity contribution in [2.24, 2.45) is 0 Å². The zero-order valence-electron chi connectivity index (χ0n) is 14.9. The molecule has 6 heteroatoms. The van der Waals surface area contributed by atoms with Crippen LogP contribution in [0.25, 0.3) is 0 Å². The van der Waals surface area contributed by atoms with Crippen molar-refractivity contribution < 1.29 is 9.59 Å². The minimum absolute atomic E-state index is 0.140. The lowest BCUT2D eigenvalue weighted by atomic mass is 9.98. The molecule has 0 bridgehead atoms. The molecule has 0 aromatic heterocycles. The van der Waals surface area contributed by atoms with E-state index in [4.69, 9.17) is 23.2 Å². The van der Waals surface area contributed by atoms with Gasteiger partial charge in [-0.15, -0.1) is 0 Å². The molecule has 0 aliphatic rings. The zero-order chi connectivity index (χ0) is 19.9. The number of carbonyl (C=O) groups excluding carboxylic acids is 2. The van der Waals surface area contributed by atoms with Crippen LogP contribution in [0, 0.1) is 0 Å². The van der Waals surface area contributed by atoms with Crippen molar-refractivity contribution in [1.82, 2.24) is 10.6 Å². The smallest absolute Gasteiger partial charge is 0.251 e. The van der Waals surface area contributed by atoms with Gasteiger partial charge >= 0.3 is 0 Å². The summed E-state index contributed by atoms with van der Waals surface area (Å²) in [7, 11) is 0. The number of rotatable bonds is 6. The maximum absolute atomic E-state index is 12.5. The van der Waals surface area contributed by atoms with E-state index >= 15 is 0 Å². The number of benzene rings is 3. The van der Waals surface area contributed by atoms with Crippen molar-refractivity contribution in [3.63, 3.8) is 0 Å². The Morgan fingerprint density at radius 1 is 0.750 bits per heavy atom. The van der Waals surface area contributed by atoms with E-state index in [0.29, 0.717) is 15.6 Å². The predicted octanol–water partition coefficient (Wildman–Crippen LogP) is 4.63. The lowest BCUT2D eigenvalue weighted by Crippen LogP contribution is -2.39. The fourth-order valence-corrected chi connectivity index (χ4v) is 2.99. The van der Waals surface area contributed by atoms with Crippen LogP contribution in [0.5, 0.6) is 0 Å². The highest BCUT2D eigenvalue weighted by Gasteiger charge is 2.17. The molecule has 0 unspecified atom stereocenters. The molecule has 3 aromatic rings. The first-order chi connectivity index (χ1) is 13.5. The lowest BCUT2D eigenvalue weighted by Gasteiger charge is -2.20. The number of carbonyl (C=O) groups is 2. The van der Waals surface area contributed by atoms with Crippen molar-refractivity contribution in [3.05, 3.63) is 106 Å². The molecule has 0 saturated carbocycles. The number of halogens is 2. The SMILES string of the molecule is O=C(CNC(=O)c1ccc(Cl)cc1)N[C@@H](c1ccccc1)c1ccc(Cl)cc1. The largest absolute Gasteiger partial charge is 0.344 e. The highest BCUT2D eigenvalue weighted by molar-refractivity contribution is 6.30. The molecule has 0 aliphatic carbocycles. The van der Waals surface area contributed by atoms with Crippen LogP contribution >= 0.6 is 23.2 Å². The summed E-state index contributed by atoms with van der Waals surface area (Å²) in [5.41, 5.74) is 2.27. The third-order valence-corrected chi connectivity index (χ3v) is 4.66. The Kier molecular flexibility index (Phi) is 6.69. The Hall–Kier alpha value is -2.82. The molecule has 0 fully saturated rings. The maximum atomic E-state index is 12.5. The Morgan fingerprint density at radius 2 is 1.29 bits per heavy atom. The van der Waals surface area contributed by atoms with Gasteiger partial charge in [-0.25, -0.2) is 0 Å². The standard InChI is InChI=1S/C22H18Cl2N2O2/c23-18-10-6-16(7-11-18)21(15-4-2-1-3-5-15)26-20(27)14-25-22(28)17-8-12-19(24)13-9-17/h1-13,21H,14H2,(H,25,28)(H,26,27)/t21-/m0/s1. The molecule has 28 heavy (non-hydrogen) atoms. The van der Waals surface area contributed by atoms with Gasteiger partial charge in [0, 0.05) is 15.6 Å². The Morgan fingerprint density at radius 3 is 1.89 bits per heavy atom. The lowest BCUT2D eigenvalue weighted by molar-refractivity contribution is -0.120. The van der Waals surface area contributed by atoms with Crippen LogP contribution in [0.3, 0.4) is 0 Å². The zero-order valence-corrected chi connectivity index (χ0v) is 16.4. The van der Waals surface area contributed by atoms with Gasteiger partial charge in [0.25, 0.3) is 5.91 Å². The Labute approximate surface area is 173 Å². The molecule has 2 amide bonds. The van der Waals surface area contributed by atoms with Crippen molar-refractivity contribution in [2.75, 3.05) is 6.54 Å². The average Bonchev–Trinajstić information content (AvgIpc) is 2.72. The van der Waals surface area contributed by atoms with E-state index in [1.807, 2.05) is 42.5 Å². The van der Waals surface area contributed by atoms with E-state index in [9.17, 15) is 9.59 Å². The number of amides is 2. The van der Waals surface area contributed by atoms with Crippen molar-refractivity contribution in [2.45, 2.75) is 6.04 Å². The predicted molar refractivity (Wildman–Crippen MR) is 112 cm³/mol. The van der Waals surface area contributed by atoms with Gasteiger partial charge in [0.2, 0.25) is 5.91 Å². The minimum Gasteiger partial charge on any atom is -0.344 e. The van der Waals surface area contributed by atoms with E-state index in [2.05, 4.69) is 10.6 Å². The van der Waals surface area contributed by atoms with Crippen LogP contribution in [0.15, 0.2) is 78.9 Å². The molecule has 3 rings (SSSR count). The minimum atomic E-state index is -0.349. The fraction of sp³-hybridized carbons (Fsp3) is 0.0909. The maximum Gasteiger partial charge on any atom is 0.251 e. The first-order valence-corrected chi connectivity index (χ1v) is 9.42. The first kappa shape index (κ1) is 19.9. The van der Waals surface area contributed by atoms with Gasteiger partial charge < -0.3 is 10.6 Å². The van der Waals surface area contributed by atoms with Crippen LogP contribution in [0.2, 0.25) is 10.0 Å². The normalized spacial score (nSPS) is 11.5. The summed E-state index contributed by atoms with van der Waals surface area (Å²) >= 11 is 11.8. The molecular formula is C22H18Cl2N2O2. The van der Waals surface area contributed by atoms with Crippen LogP contribution in [0.4, 0.5) is 0 Å². The average molecular weight is 413 g/mol. The summed E-state index contributed by atoms with van der Waals surface area (Å²) in [6.45, 7) is -0.140. The molecule has 4 nitrogen and oxygen atoms in total. The van der Waals surface area contributed by atoms with Crippen LogP contribution < -0.4 is 10.6 Å². The quantitative estimate of drug-likeness (QED) is 0.619. The molecule has 142 valence electrons.